The summed E-state index contributed by atoms with van der Waals surface area (Å²) in [5.74, 6) is -1.10. The molecule has 2 N–H and O–H groups in total. The lowest BCUT2D eigenvalue weighted by atomic mass is 10.1. The van der Waals surface area contributed by atoms with Crippen molar-refractivity contribution in [2.45, 2.75) is 20.3 Å². The van der Waals surface area contributed by atoms with Crippen LogP contribution in [0, 0.1) is 6.92 Å². The van der Waals surface area contributed by atoms with Crippen LogP contribution < -0.4 is 5.73 Å². The Labute approximate surface area is 91.4 Å². The highest BCUT2D eigenvalue weighted by atomic mass is 19.3. The lowest BCUT2D eigenvalue weighted by Gasteiger charge is -2.11. The van der Waals surface area contributed by atoms with E-state index in [9.17, 15) is 13.6 Å². The van der Waals surface area contributed by atoms with E-state index in [1.54, 1.807) is 6.92 Å². The molecule has 6 heteroatoms. The summed E-state index contributed by atoms with van der Waals surface area (Å²) in [7, 11) is 0. The summed E-state index contributed by atoms with van der Waals surface area (Å²) < 4.78 is 30.0. The molecule has 0 amide bonds. The largest absolute Gasteiger partial charge is 0.462 e. The van der Waals surface area contributed by atoms with Crippen LogP contribution in [-0.4, -0.2) is 17.6 Å². The van der Waals surface area contributed by atoms with Gasteiger partial charge in [0.25, 0.3) is 6.43 Å². The summed E-state index contributed by atoms with van der Waals surface area (Å²) in [6.07, 6.45) is -2.79. The predicted octanol–water partition coefficient (Wildman–Crippen LogP) is 2.09. The van der Waals surface area contributed by atoms with Crippen LogP contribution >= 0.6 is 0 Å². The number of nitrogen functional groups attached to an aromatic ring is 1. The predicted molar refractivity (Wildman–Crippen MR) is 54.3 cm³/mol. The second-order valence-corrected chi connectivity index (χ2v) is 3.13. The van der Waals surface area contributed by atoms with E-state index in [2.05, 4.69) is 9.72 Å². The fraction of sp³-hybridized carbons (Fsp3) is 0.400. The van der Waals surface area contributed by atoms with Gasteiger partial charge in [-0.2, -0.15) is 0 Å². The van der Waals surface area contributed by atoms with Crippen LogP contribution in [0.3, 0.4) is 0 Å². The third-order valence-electron chi connectivity index (χ3n) is 1.92. The monoisotopic (exact) mass is 230 g/mol. The number of anilines is 1. The number of hydrogen-bond donors (Lipinski definition) is 1. The van der Waals surface area contributed by atoms with Crippen LogP contribution in [0.15, 0.2) is 6.07 Å². The number of esters is 1. The lowest BCUT2D eigenvalue weighted by Crippen LogP contribution is -2.13. The quantitative estimate of drug-likeness (QED) is 0.807. The fourth-order valence-corrected chi connectivity index (χ4v) is 1.32. The van der Waals surface area contributed by atoms with Crippen molar-refractivity contribution in [3.8, 4) is 0 Å². The molecule has 0 bridgehead atoms. The van der Waals surface area contributed by atoms with Crippen LogP contribution in [0.1, 0.15) is 35.0 Å². The Morgan fingerprint density at radius 1 is 1.62 bits per heavy atom. The number of carbonyl (C=O) groups excluding carboxylic acids is 1. The van der Waals surface area contributed by atoms with E-state index in [0.717, 1.165) is 6.07 Å². The van der Waals surface area contributed by atoms with Crippen molar-refractivity contribution in [2.75, 3.05) is 12.3 Å². The average molecular weight is 230 g/mol. The zero-order valence-corrected chi connectivity index (χ0v) is 8.96. The van der Waals surface area contributed by atoms with E-state index in [-0.39, 0.29) is 18.0 Å². The van der Waals surface area contributed by atoms with Gasteiger partial charge in [-0.15, -0.1) is 0 Å². The first-order chi connectivity index (χ1) is 7.47. The smallest absolute Gasteiger partial charge is 0.342 e. The summed E-state index contributed by atoms with van der Waals surface area (Å²) in [5, 5.41) is 0. The zero-order valence-electron chi connectivity index (χ0n) is 8.96. The van der Waals surface area contributed by atoms with E-state index >= 15 is 0 Å². The number of aromatic nitrogens is 1. The summed E-state index contributed by atoms with van der Waals surface area (Å²) >= 11 is 0. The number of halogens is 2. The minimum atomic E-state index is -2.79. The van der Waals surface area contributed by atoms with Gasteiger partial charge in [0.05, 0.1) is 6.61 Å². The number of pyridine rings is 1. The van der Waals surface area contributed by atoms with Gasteiger partial charge in [-0.05, 0) is 19.9 Å². The zero-order chi connectivity index (χ0) is 12.3. The van der Waals surface area contributed by atoms with E-state index in [4.69, 9.17) is 5.73 Å². The highest BCUT2D eigenvalue weighted by molar-refractivity contribution is 5.95. The number of ether oxygens (including phenoxy) is 1. The molecule has 0 atom stereocenters. The van der Waals surface area contributed by atoms with Gasteiger partial charge in [0.2, 0.25) is 0 Å². The summed E-state index contributed by atoms with van der Waals surface area (Å²) in [6, 6.07) is 1.13. The highest BCUT2D eigenvalue weighted by Crippen LogP contribution is 2.27. The van der Waals surface area contributed by atoms with E-state index < -0.39 is 18.0 Å². The van der Waals surface area contributed by atoms with Gasteiger partial charge < -0.3 is 10.5 Å². The molecule has 4 nitrogen and oxygen atoms in total. The molecular formula is C10H12F2N2O2. The molecule has 0 aliphatic carbocycles. The Morgan fingerprint density at radius 2 is 2.25 bits per heavy atom. The maximum atomic E-state index is 12.7. The third kappa shape index (κ3) is 2.44. The molecule has 0 radical (unpaired) electrons. The third-order valence-corrected chi connectivity index (χ3v) is 1.92. The highest BCUT2D eigenvalue weighted by Gasteiger charge is 2.23. The minimum Gasteiger partial charge on any atom is -0.462 e. The van der Waals surface area contributed by atoms with Crippen molar-refractivity contribution in [1.29, 1.82) is 0 Å². The van der Waals surface area contributed by atoms with Gasteiger partial charge in [0.15, 0.2) is 0 Å². The topological polar surface area (TPSA) is 65.2 Å². The van der Waals surface area contributed by atoms with Crippen LogP contribution in [0.5, 0.6) is 0 Å². The van der Waals surface area contributed by atoms with Crippen LogP contribution in [0.25, 0.3) is 0 Å². The van der Waals surface area contributed by atoms with Crippen molar-refractivity contribution >= 4 is 11.8 Å². The minimum absolute atomic E-state index is 0.0921. The number of nitrogens with two attached hydrogens (primary N) is 1. The van der Waals surface area contributed by atoms with Gasteiger partial charge in [-0.3, -0.25) is 0 Å². The van der Waals surface area contributed by atoms with Crippen LogP contribution in [-0.2, 0) is 4.74 Å². The van der Waals surface area contributed by atoms with Gasteiger partial charge in [0.1, 0.15) is 11.4 Å². The van der Waals surface area contributed by atoms with Crippen molar-refractivity contribution in [2.24, 2.45) is 0 Å². The van der Waals surface area contributed by atoms with Gasteiger partial charge in [0, 0.05) is 11.3 Å². The van der Waals surface area contributed by atoms with Gasteiger partial charge in [-0.25, -0.2) is 18.6 Å². The number of alkyl halides is 2. The molecule has 0 aromatic carbocycles. The first kappa shape index (κ1) is 12.4. The molecule has 16 heavy (non-hydrogen) atoms. The molecule has 0 fully saturated rings. The second-order valence-electron chi connectivity index (χ2n) is 3.13. The Morgan fingerprint density at radius 3 is 2.75 bits per heavy atom. The van der Waals surface area contributed by atoms with Crippen molar-refractivity contribution in [1.82, 2.24) is 4.98 Å². The summed E-state index contributed by atoms with van der Waals surface area (Å²) in [5.41, 5.74) is 4.99. The van der Waals surface area contributed by atoms with E-state index in [0.29, 0.717) is 5.69 Å². The molecule has 1 aromatic rings. The molecule has 1 heterocycles. The first-order valence-corrected chi connectivity index (χ1v) is 4.69. The standard InChI is InChI=1S/C10H12F2N2O2/c1-3-16-10(15)7-6(8(11)12)4-5(2)14-9(7)13/h4,8H,3H2,1-2H3,(H2,13,14). The van der Waals surface area contributed by atoms with Crippen molar-refractivity contribution < 1.29 is 18.3 Å². The average Bonchev–Trinajstić information content (AvgIpc) is 2.16. The number of hydrogen-bond acceptors (Lipinski definition) is 4. The Hall–Kier alpha value is -1.72. The first-order valence-electron chi connectivity index (χ1n) is 4.69. The Kier molecular flexibility index (Phi) is 3.76. The molecule has 0 saturated heterocycles. The lowest BCUT2D eigenvalue weighted by molar-refractivity contribution is 0.0516. The van der Waals surface area contributed by atoms with Gasteiger partial charge >= 0.3 is 5.97 Å². The molecule has 0 unspecified atom stereocenters. The number of aryl methyl sites for hydroxylation is 1. The van der Waals surface area contributed by atoms with E-state index in [1.807, 2.05) is 0 Å². The number of nitrogens with zero attached hydrogens (tertiary/aromatic N) is 1. The van der Waals surface area contributed by atoms with Crippen molar-refractivity contribution in [3.63, 3.8) is 0 Å². The molecule has 0 saturated carbocycles. The van der Waals surface area contributed by atoms with Crippen molar-refractivity contribution in [3.05, 3.63) is 22.9 Å². The molecule has 88 valence electrons. The summed E-state index contributed by atoms with van der Waals surface area (Å²) in [6.45, 7) is 3.20. The van der Waals surface area contributed by atoms with Crippen LogP contribution in [0.4, 0.5) is 14.6 Å². The maximum absolute atomic E-state index is 12.7. The van der Waals surface area contributed by atoms with Crippen LogP contribution in [0.2, 0.25) is 0 Å². The van der Waals surface area contributed by atoms with E-state index in [1.165, 1.54) is 6.92 Å². The second kappa shape index (κ2) is 4.87. The maximum Gasteiger partial charge on any atom is 0.342 e. The normalized spacial score (nSPS) is 10.6. The Balaban J connectivity index is 3.29. The molecule has 0 aliphatic rings. The SMILES string of the molecule is CCOC(=O)c1c(C(F)F)cc(C)nc1N. The molecule has 1 rings (SSSR count). The Bertz CT molecular complexity index is 408. The molecular weight excluding hydrogens is 218 g/mol. The number of rotatable bonds is 3. The molecule has 0 aliphatic heterocycles. The molecule has 0 spiro atoms. The number of carbonyl (C=O) groups is 1. The van der Waals surface area contributed by atoms with Gasteiger partial charge in [-0.1, -0.05) is 0 Å². The fourth-order valence-electron chi connectivity index (χ4n) is 1.32. The summed E-state index contributed by atoms with van der Waals surface area (Å²) in [4.78, 5) is 15.2. The molecule has 1 aromatic heterocycles.